The van der Waals surface area contributed by atoms with Crippen LogP contribution in [0.15, 0.2) is 22.7 Å². The van der Waals surface area contributed by atoms with Gasteiger partial charge in [0, 0.05) is 38.3 Å². The van der Waals surface area contributed by atoms with Crippen LogP contribution in [0.5, 0.6) is 0 Å². The molecule has 1 fully saturated rings. The molecule has 0 radical (unpaired) electrons. The summed E-state index contributed by atoms with van der Waals surface area (Å²) in [4.78, 5) is 27.4. The van der Waals surface area contributed by atoms with Gasteiger partial charge in [-0.05, 0) is 41.1 Å². The molecule has 2 rings (SSSR count). The number of halogens is 2. The van der Waals surface area contributed by atoms with Crippen molar-refractivity contribution in [3.05, 3.63) is 34.1 Å². The highest BCUT2D eigenvalue weighted by atomic mass is 79.9. The van der Waals surface area contributed by atoms with E-state index in [1.165, 1.54) is 18.2 Å². The van der Waals surface area contributed by atoms with Crippen molar-refractivity contribution < 1.29 is 14.0 Å². The zero-order valence-electron chi connectivity index (χ0n) is 11.7. The molecule has 7 heteroatoms. The molecule has 5 nitrogen and oxygen atoms in total. The second kappa shape index (κ2) is 6.89. The van der Waals surface area contributed by atoms with Crippen molar-refractivity contribution in [3.8, 4) is 0 Å². The van der Waals surface area contributed by atoms with Gasteiger partial charge in [0.15, 0.2) is 0 Å². The highest BCUT2D eigenvalue weighted by molar-refractivity contribution is 9.10. The lowest BCUT2D eigenvalue weighted by Crippen LogP contribution is -2.53. The first kappa shape index (κ1) is 15.8. The minimum absolute atomic E-state index is 0.103. The molecule has 0 bridgehead atoms. The molecule has 1 saturated heterocycles. The lowest BCUT2D eigenvalue weighted by atomic mass is 10.2. The Bertz CT molecular complexity index is 545. The van der Waals surface area contributed by atoms with Crippen LogP contribution in [0, 0.1) is 5.82 Å². The largest absolute Gasteiger partial charge is 0.338 e. The normalized spacial score (nSPS) is 15.0. The van der Waals surface area contributed by atoms with Crippen molar-refractivity contribution in [1.82, 2.24) is 15.1 Å². The first-order valence-corrected chi connectivity index (χ1v) is 7.59. The number of nitrogens with zero attached hydrogens (tertiary/aromatic N) is 2. The van der Waals surface area contributed by atoms with Crippen LogP contribution in [-0.4, -0.2) is 54.5 Å². The first-order valence-electron chi connectivity index (χ1n) is 6.80. The average Bonchev–Trinajstić information content (AvgIpc) is 2.50. The summed E-state index contributed by atoms with van der Waals surface area (Å²) in [5, 5.41) is 2.74. The van der Waals surface area contributed by atoms with Gasteiger partial charge in [-0.1, -0.05) is 0 Å². The van der Waals surface area contributed by atoms with E-state index in [0.29, 0.717) is 38.3 Å². The summed E-state index contributed by atoms with van der Waals surface area (Å²) in [5.74, 6) is -0.543. The molecule has 0 saturated carbocycles. The molecule has 1 aromatic rings. The number of benzene rings is 1. The quantitative estimate of drug-likeness (QED) is 0.880. The van der Waals surface area contributed by atoms with Gasteiger partial charge in [-0.15, -0.1) is 0 Å². The van der Waals surface area contributed by atoms with Crippen LogP contribution in [0.4, 0.5) is 9.18 Å². The highest BCUT2D eigenvalue weighted by Gasteiger charge is 2.24. The van der Waals surface area contributed by atoms with E-state index >= 15 is 0 Å². The maximum Gasteiger partial charge on any atom is 0.317 e. The van der Waals surface area contributed by atoms with Gasteiger partial charge in [-0.25, -0.2) is 9.18 Å². The van der Waals surface area contributed by atoms with E-state index < -0.39 is 5.82 Å². The molecule has 1 aliphatic heterocycles. The van der Waals surface area contributed by atoms with E-state index in [4.69, 9.17) is 0 Å². The van der Waals surface area contributed by atoms with Crippen LogP contribution in [0.2, 0.25) is 0 Å². The van der Waals surface area contributed by atoms with Crippen molar-refractivity contribution in [2.24, 2.45) is 0 Å². The Hall–Kier alpha value is -1.63. The lowest BCUT2D eigenvalue weighted by molar-refractivity contribution is 0.0665. The Labute approximate surface area is 131 Å². The number of carbonyl (C=O) groups excluding carboxylic acids is 2. The Kier molecular flexibility index (Phi) is 5.17. The van der Waals surface area contributed by atoms with E-state index in [1.807, 2.05) is 6.92 Å². The molecular formula is C14H17BrFN3O2. The topological polar surface area (TPSA) is 52.7 Å². The van der Waals surface area contributed by atoms with Gasteiger partial charge in [0.05, 0.1) is 4.47 Å². The summed E-state index contributed by atoms with van der Waals surface area (Å²) in [6.07, 6.45) is 0. The van der Waals surface area contributed by atoms with Gasteiger partial charge in [-0.3, -0.25) is 4.79 Å². The molecule has 0 spiro atoms. The predicted octanol–water partition coefficient (Wildman–Crippen LogP) is 2.08. The van der Waals surface area contributed by atoms with Gasteiger partial charge in [0.1, 0.15) is 5.82 Å². The molecule has 114 valence electrons. The summed E-state index contributed by atoms with van der Waals surface area (Å²) in [6, 6.07) is 4.11. The summed E-state index contributed by atoms with van der Waals surface area (Å²) in [7, 11) is 0. The maximum absolute atomic E-state index is 13.2. The second-order valence-electron chi connectivity index (χ2n) is 4.74. The number of rotatable bonds is 2. The molecular weight excluding hydrogens is 341 g/mol. The predicted molar refractivity (Wildman–Crippen MR) is 80.6 cm³/mol. The number of hydrogen-bond donors (Lipinski definition) is 1. The monoisotopic (exact) mass is 357 g/mol. The third-order valence-electron chi connectivity index (χ3n) is 3.35. The molecule has 21 heavy (non-hydrogen) atoms. The second-order valence-corrected chi connectivity index (χ2v) is 5.60. The van der Waals surface area contributed by atoms with E-state index in [9.17, 15) is 14.0 Å². The van der Waals surface area contributed by atoms with E-state index in [1.54, 1.807) is 9.80 Å². The fourth-order valence-corrected chi connectivity index (χ4v) is 2.57. The van der Waals surface area contributed by atoms with Gasteiger partial charge < -0.3 is 15.1 Å². The number of hydrogen-bond acceptors (Lipinski definition) is 2. The van der Waals surface area contributed by atoms with Crippen molar-refractivity contribution in [1.29, 1.82) is 0 Å². The average molecular weight is 358 g/mol. The Balaban J connectivity index is 1.97. The van der Waals surface area contributed by atoms with Gasteiger partial charge in [0.2, 0.25) is 0 Å². The number of nitrogens with one attached hydrogen (secondary N) is 1. The van der Waals surface area contributed by atoms with Crippen LogP contribution in [-0.2, 0) is 0 Å². The standard InChI is InChI=1S/C14H17BrFN3O2/c1-2-17-14(21)19-7-5-18(6-8-19)13(20)10-3-4-12(16)11(15)9-10/h3-4,9H,2,5-8H2,1H3,(H,17,21). The summed E-state index contributed by atoms with van der Waals surface area (Å²) in [5.41, 5.74) is 0.440. The fraction of sp³-hybridized carbons (Fsp3) is 0.429. The number of amides is 3. The summed E-state index contributed by atoms with van der Waals surface area (Å²) < 4.78 is 13.5. The highest BCUT2D eigenvalue weighted by Crippen LogP contribution is 2.18. The Morgan fingerprint density at radius 3 is 2.43 bits per heavy atom. The Morgan fingerprint density at radius 1 is 1.24 bits per heavy atom. The molecule has 1 heterocycles. The SMILES string of the molecule is CCNC(=O)N1CCN(C(=O)c2ccc(F)c(Br)c2)CC1. The van der Waals surface area contributed by atoms with Crippen LogP contribution < -0.4 is 5.32 Å². The zero-order chi connectivity index (χ0) is 15.4. The van der Waals surface area contributed by atoms with E-state index in [-0.39, 0.29) is 16.4 Å². The third-order valence-corrected chi connectivity index (χ3v) is 3.96. The van der Waals surface area contributed by atoms with Crippen molar-refractivity contribution in [3.63, 3.8) is 0 Å². The summed E-state index contributed by atoms with van der Waals surface area (Å²) in [6.45, 7) is 4.40. The van der Waals surface area contributed by atoms with Crippen molar-refractivity contribution in [2.75, 3.05) is 32.7 Å². The van der Waals surface area contributed by atoms with Gasteiger partial charge in [0.25, 0.3) is 5.91 Å². The third kappa shape index (κ3) is 3.72. The van der Waals surface area contributed by atoms with Crippen LogP contribution >= 0.6 is 15.9 Å². The minimum Gasteiger partial charge on any atom is -0.338 e. The van der Waals surface area contributed by atoms with E-state index in [0.717, 1.165) is 0 Å². The molecule has 0 unspecified atom stereocenters. The molecule has 3 amide bonds. The maximum atomic E-state index is 13.2. The zero-order valence-corrected chi connectivity index (χ0v) is 13.3. The molecule has 0 aliphatic carbocycles. The van der Waals surface area contributed by atoms with Crippen molar-refractivity contribution >= 4 is 27.9 Å². The number of urea groups is 1. The first-order chi connectivity index (χ1) is 10.0. The fourth-order valence-electron chi connectivity index (χ4n) is 2.19. The van der Waals surface area contributed by atoms with Crippen LogP contribution in [0.1, 0.15) is 17.3 Å². The van der Waals surface area contributed by atoms with E-state index in [2.05, 4.69) is 21.2 Å². The molecule has 1 N–H and O–H groups in total. The van der Waals surface area contributed by atoms with Gasteiger partial charge >= 0.3 is 6.03 Å². The van der Waals surface area contributed by atoms with Crippen molar-refractivity contribution in [2.45, 2.75) is 6.92 Å². The Morgan fingerprint density at radius 2 is 1.86 bits per heavy atom. The van der Waals surface area contributed by atoms with Crippen LogP contribution in [0.25, 0.3) is 0 Å². The lowest BCUT2D eigenvalue weighted by Gasteiger charge is -2.34. The molecule has 0 atom stereocenters. The number of piperazine rings is 1. The number of carbonyl (C=O) groups is 2. The van der Waals surface area contributed by atoms with Gasteiger partial charge in [-0.2, -0.15) is 0 Å². The molecule has 1 aliphatic rings. The summed E-state index contributed by atoms with van der Waals surface area (Å²) >= 11 is 3.08. The molecule has 0 aromatic heterocycles. The molecule has 1 aromatic carbocycles. The smallest absolute Gasteiger partial charge is 0.317 e. The minimum atomic E-state index is -0.396. The van der Waals surface area contributed by atoms with Crippen LogP contribution in [0.3, 0.4) is 0 Å².